The van der Waals surface area contributed by atoms with Crippen molar-refractivity contribution in [1.29, 1.82) is 5.26 Å². The van der Waals surface area contributed by atoms with Crippen LogP contribution in [-0.4, -0.2) is 10.1 Å². The second kappa shape index (κ2) is 3.33. The zero-order chi connectivity index (χ0) is 8.27. The van der Waals surface area contributed by atoms with Crippen LogP contribution >= 0.6 is 11.6 Å². The molecule has 0 saturated heterocycles. The minimum Gasteiger partial charge on any atom is -0.374 e. The molecule has 0 saturated carbocycles. The van der Waals surface area contributed by atoms with E-state index in [0.717, 1.165) is 0 Å². The van der Waals surface area contributed by atoms with Gasteiger partial charge in [-0.15, -0.1) is 0 Å². The lowest BCUT2D eigenvalue weighted by atomic mass is 10.2. The van der Waals surface area contributed by atoms with E-state index in [0.29, 0.717) is 10.6 Å². The first-order valence-electron chi connectivity index (χ1n) is 2.92. The van der Waals surface area contributed by atoms with Gasteiger partial charge in [-0.25, -0.2) is 0 Å². The summed E-state index contributed by atoms with van der Waals surface area (Å²) in [6, 6.07) is 3.17. The Bertz CT molecular complexity index is 295. The molecule has 1 rings (SSSR count). The highest BCUT2D eigenvalue weighted by Crippen LogP contribution is 2.14. The first-order valence-corrected chi connectivity index (χ1v) is 3.30. The van der Waals surface area contributed by atoms with Gasteiger partial charge >= 0.3 is 0 Å². The molecule has 1 aromatic rings. The summed E-state index contributed by atoms with van der Waals surface area (Å²) in [6.07, 6.45) is 1.70. The van der Waals surface area contributed by atoms with Crippen molar-refractivity contribution in [3.63, 3.8) is 0 Å². The molecule has 0 aliphatic carbocycles. The van der Waals surface area contributed by atoms with Crippen LogP contribution in [-0.2, 0) is 0 Å². The lowest BCUT2D eigenvalue weighted by molar-refractivity contribution is 0.235. The molecule has 1 heterocycles. The summed E-state index contributed by atoms with van der Waals surface area (Å²) in [6.45, 7) is 0. The van der Waals surface area contributed by atoms with Crippen LogP contribution < -0.4 is 0 Å². The third-order valence-corrected chi connectivity index (χ3v) is 1.37. The summed E-state index contributed by atoms with van der Waals surface area (Å²) in [7, 11) is 0. The Morgan fingerprint density at radius 3 is 2.91 bits per heavy atom. The van der Waals surface area contributed by atoms with E-state index in [-0.39, 0.29) is 0 Å². The summed E-state index contributed by atoms with van der Waals surface area (Å²) in [5, 5.41) is 17.7. The van der Waals surface area contributed by atoms with Gasteiger partial charge in [0.05, 0.1) is 11.1 Å². The third-order valence-electron chi connectivity index (χ3n) is 1.16. The minimum atomic E-state index is -1.14. The predicted octanol–water partition coefficient (Wildman–Crippen LogP) is 1.29. The number of nitrogens with zero attached hydrogens (tertiary/aromatic N) is 2. The number of nitriles is 1. The standard InChI is InChI=1S/C7H5ClN2O/c8-6-1-5(3-10-4-6)7(11)2-9/h1,3-4,7,11H. The van der Waals surface area contributed by atoms with Gasteiger partial charge in [0.2, 0.25) is 0 Å². The molecule has 1 atom stereocenters. The maximum Gasteiger partial charge on any atom is 0.167 e. The summed E-state index contributed by atoms with van der Waals surface area (Å²) >= 11 is 5.56. The second-order valence-corrected chi connectivity index (χ2v) is 2.40. The normalized spacial score (nSPS) is 12.1. The summed E-state index contributed by atoms with van der Waals surface area (Å²) in [4.78, 5) is 3.71. The van der Waals surface area contributed by atoms with Crippen molar-refractivity contribution in [1.82, 2.24) is 4.98 Å². The number of hydrogen-bond donors (Lipinski definition) is 1. The molecule has 1 N–H and O–H groups in total. The Balaban J connectivity index is 2.98. The van der Waals surface area contributed by atoms with E-state index < -0.39 is 6.10 Å². The number of rotatable bonds is 1. The number of hydrogen-bond acceptors (Lipinski definition) is 3. The summed E-state index contributed by atoms with van der Waals surface area (Å²) in [5.41, 5.74) is 0.417. The highest BCUT2D eigenvalue weighted by Gasteiger charge is 2.05. The zero-order valence-corrected chi connectivity index (χ0v) is 6.28. The SMILES string of the molecule is N#CC(O)c1cncc(Cl)c1. The maximum atomic E-state index is 8.99. The topological polar surface area (TPSA) is 56.9 Å². The van der Waals surface area contributed by atoms with Crippen molar-refractivity contribution in [2.75, 3.05) is 0 Å². The van der Waals surface area contributed by atoms with E-state index in [9.17, 15) is 0 Å². The molecule has 3 nitrogen and oxygen atoms in total. The van der Waals surface area contributed by atoms with Crippen LogP contribution in [0.1, 0.15) is 11.7 Å². The fraction of sp³-hybridized carbons (Fsp3) is 0.143. The third kappa shape index (κ3) is 1.90. The number of aliphatic hydroxyl groups is 1. The largest absolute Gasteiger partial charge is 0.374 e. The van der Waals surface area contributed by atoms with Gasteiger partial charge < -0.3 is 5.11 Å². The van der Waals surface area contributed by atoms with Crippen molar-refractivity contribution < 1.29 is 5.11 Å². The Kier molecular flexibility index (Phi) is 2.42. The van der Waals surface area contributed by atoms with Crippen molar-refractivity contribution in [2.24, 2.45) is 0 Å². The van der Waals surface area contributed by atoms with Gasteiger partial charge in [-0.3, -0.25) is 4.98 Å². The second-order valence-electron chi connectivity index (χ2n) is 1.97. The van der Waals surface area contributed by atoms with Crippen LogP contribution in [0.2, 0.25) is 5.02 Å². The molecule has 1 aromatic heterocycles. The molecule has 0 aliphatic heterocycles. The van der Waals surface area contributed by atoms with Gasteiger partial charge in [-0.2, -0.15) is 5.26 Å². The van der Waals surface area contributed by atoms with Crippen LogP contribution in [0.3, 0.4) is 0 Å². The van der Waals surface area contributed by atoms with Crippen LogP contribution in [0.15, 0.2) is 18.5 Å². The van der Waals surface area contributed by atoms with Crippen molar-refractivity contribution in [3.05, 3.63) is 29.0 Å². The molecule has 56 valence electrons. The lowest BCUT2D eigenvalue weighted by Crippen LogP contribution is -1.93. The maximum absolute atomic E-state index is 8.99. The molecule has 0 aromatic carbocycles. The summed E-state index contributed by atoms with van der Waals surface area (Å²) in [5.74, 6) is 0. The Hall–Kier alpha value is -1.11. The van der Waals surface area contributed by atoms with Gasteiger partial charge in [0.1, 0.15) is 0 Å². The molecule has 0 amide bonds. The van der Waals surface area contributed by atoms with Gasteiger partial charge in [0, 0.05) is 18.0 Å². The smallest absolute Gasteiger partial charge is 0.167 e. The van der Waals surface area contributed by atoms with E-state index in [4.69, 9.17) is 22.0 Å². The van der Waals surface area contributed by atoms with Gasteiger partial charge in [0.25, 0.3) is 0 Å². The average molecular weight is 169 g/mol. The van der Waals surface area contributed by atoms with E-state index in [1.54, 1.807) is 6.07 Å². The van der Waals surface area contributed by atoms with Crippen molar-refractivity contribution >= 4 is 11.6 Å². The van der Waals surface area contributed by atoms with Gasteiger partial charge in [-0.05, 0) is 6.07 Å². The van der Waals surface area contributed by atoms with E-state index in [2.05, 4.69) is 4.98 Å². The van der Waals surface area contributed by atoms with Crippen molar-refractivity contribution in [3.8, 4) is 6.07 Å². The minimum absolute atomic E-state index is 0.414. The van der Waals surface area contributed by atoms with Crippen molar-refractivity contribution in [2.45, 2.75) is 6.10 Å². The van der Waals surface area contributed by atoms with Crippen LogP contribution in [0.5, 0.6) is 0 Å². The van der Waals surface area contributed by atoms with Crippen LogP contribution in [0.4, 0.5) is 0 Å². The number of aliphatic hydroxyl groups excluding tert-OH is 1. The molecule has 4 heteroatoms. The van der Waals surface area contributed by atoms with Crippen LogP contribution in [0.25, 0.3) is 0 Å². The predicted molar refractivity (Wildman–Crippen MR) is 39.8 cm³/mol. The fourth-order valence-corrected chi connectivity index (χ4v) is 0.835. The quantitative estimate of drug-likeness (QED) is 0.643. The number of pyridine rings is 1. The van der Waals surface area contributed by atoms with Gasteiger partial charge in [-0.1, -0.05) is 11.6 Å². The molecule has 0 spiro atoms. The lowest BCUT2D eigenvalue weighted by Gasteiger charge is -1.99. The number of halogens is 1. The van der Waals surface area contributed by atoms with E-state index in [1.807, 2.05) is 0 Å². The van der Waals surface area contributed by atoms with Gasteiger partial charge in [0.15, 0.2) is 6.10 Å². The highest BCUT2D eigenvalue weighted by molar-refractivity contribution is 6.30. The molecular formula is C7H5ClN2O. The number of aromatic nitrogens is 1. The molecule has 1 unspecified atom stereocenters. The molecule has 0 aliphatic rings. The highest BCUT2D eigenvalue weighted by atomic mass is 35.5. The fourth-order valence-electron chi connectivity index (χ4n) is 0.652. The Labute approximate surface area is 68.9 Å². The Morgan fingerprint density at radius 1 is 1.64 bits per heavy atom. The molecule has 0 bridgehead atoms. The molecule has 11 heavy (non-hydrogen) atoms. The monoisotopic (exact) mass is 168 g/mol. The van der Waals surface area contributed by atoms with E-state index >= 15 is 0 Å². The zero-order valence-electron chi connectivity index (χ0n) is 5.53. The average Bonchev–Trinajstić information content (AvgIpc) is 2.03. The van der Waals surface area contributed by atoms with E-state index in [1.165, 1.54) is 18.5 Å². The summed E-state index contributed by atoms with van der Waals surface area (Å²) < 4.78 is 0. The molecule has 0 radical (unpaired) electrons. The van der Waals surface area contributed by atoms with Crippen LogP contribution in [0, 0.1) is 11.3 Å². The molecule has 0 fully saturated rings. The first-order chi connectivity index (χ1) is 5.24. The first kappa shape index (κ1) is 7.99. The molecular weight excluding hydrogens is 164 g/mol. The Morgan fingerprint density at radius 2 is 2.36 bits per heavy atom.